The number of amides is 1. The Labute approximate surface area is 176 Å². The SMILES string of the molecule is CC(C(=O)Nc1ccccc1C#N)N1CCN(c2ncc(C(F)(F)F)cc2Cl)CC1. The van der Waals surface area contributed by atoms with Gasteiger partial charge in [0.2, 0.25) is 5.91 Å². The van der Waals surface area contributed by atoms with E-state index in [1.807, 2.05) is 11.0 Å². The summed E-state index contributed by atoms with van der Waals surface area (Å²) >= 11 is 6.03. The number of halogens is 4. The molecule has 1 atom stereocenters. The second kappa shape index (κ2) is 8.90. The summed E-state index contributed by atoms with van der Waals surface area (Å²) in [6.45, 7) is 3.71. The Hall–Kier alpha value is -2.83. The van der Waals surface area contributed by atoms with Crippen LogP contribution in [0.3, 0.4) is 0 Å². The van der Waals surface area contributed by atoms with E-state index in [9.17, 15) is 18.0 Å². The summed E-state index contributed by atoms with van der Waals surface area (Å²) in [6, 6.07) is 9.21. The summed E-state index contributed by atoms with van der Waals surface area (Å²) < 4.78 is 38.4. The summed E-state index contributed by atoms with van der Waals surface area (Å²) in [7, 11) is 0. The minimum absolute atomic E-state index is 0.0582. The van der Waals surface area contributed by atoms with E-state index in [-0.39, 0.29) is 10.9 Å². The van der Waals surface area contributed by atoms with E-state index in [4.69, 9.17) is 16.9 Å². The van der Waals surface area contributed by atoms with Crippen LogP contribution in [0.4, 0.5) is 24.7 Å². The zero-order valence-electron chi connectivity index (χ0n) is 16.1. The maximum atomic E-state index is 12.8. The number of pyridine rings is 1. The molecule has 1 unspecified atom stereocenters. The number of aromatic nitrogens is 1. The van der Waals surface area contributed by atoms with Crippen molar-refractivity contribution in [3.8, 4) is 6.07 Å². The van der Waals surface area contributed by atoms with Gasteiger partial charge in [-0.05, 0) is 25.1 Å². The molecule has 1 saturated heterocycles. The standard InChI is InChI=1S/C20H19ClF3N5O/c1-13(19(30)27-17-5-3-2-4-14(17)11-25)28-6-8-29(9-7-28)18-16(21)10-15(12-26-18)20(22,23)24/h2-5,10,12-13H,6-9H2,1H3,(H,27,30). The molecular formula is C20H19ClF3N5O. The quantitative estimate of drug-likeness (QED) is 0.788. The molecule has 1 aliphatic rings. The third kappa shape index (κ3) is 4.83. The van der Waals surface area contributed by atoms with Gasteiger partial charge in [0.25, 0.3) is 0 Å². The van der Waals surface area contributed by atoms with Crippen molar-refractivity contribution < 1.29 is 18.0 Å². The highest BCUT2D eigenvalue weighted by molar-refractivity contribution is 6.33. The number of carbonyl (C=O) groups excluding carboxylic acids is 1. The highest BCUT2D eigenvalue weighted by atomic mass is 35.5. The molecule has 1 fully saturated rings. The van der Waals surface area contributed by atoms with Crippen molar-refractivity contribution in [1.82, 2.24) is 9.88 Å². The summed E-state index contributed by atoms with van der Waals surface area (Å²) in [4.78, 5) is 20.3. The topological polar surface area (TPSA) is 72.3 Å². The maximum Gasteiger partial charge on any atom is 0.417 e. The number of para-hydroxylation sites is 1. The molecule has 0 aliphatic carbocycles. The van der Waals surface area contributed by atoms with Gasteiger partial charge in [-0.1, -0.05) is 23.7 Å². The Morgan fingerprint density at radius 3 is 2.53 bits per heavy atom. The fraction of sp³-hybridized carbons (Fsp3) is 0.350. The van der Waals surface area contributed by atoms with Gasteiger partial charge < -0.3 is 10.2 Å². The fourth-order valence-electron chi connectivity index (χ4n) is 3.23. The Morgan fingerprint density at radius 1 is 1.27 bits per heavy atom. The number of anilines is 2. The van der Waals surface area contributed by atoms with Crippen LogP contribution in [0.5, 0.6) is 0 Å². The lowest BCUT2D eigenvalue weighted by atomic mass is 10.1. The molecule has 1 aliphatic heterocycles. The van der Waals surface area contributed by atoms with Crippen LogP contribution in [-0.4, -0.2) is 48.0 Å². The summed E-state index contributed by atoms with van der Waals surface area (Å²) in [5.74, 6) is 0.0567. The van der Waals surface area contributed by atoms with Crippen molar-refractivity contribution in [3.63, 3.8) is 0 Å². The van der Waals surface area contributed by atoms with Crippen molar-refractivity contribution in [2.45, 2.75) is 19.1 Å². The van der Waals surface area contributed by atoms with Gasteiger partial charge in [0, 0.05) is 32.4 Å². The van der Waals surface area contributed by atoms with E-state index in [1.54, 1.807) is 36.1 Å². The second-order valence-electron chi connectivity index (χ2n) is 6.87. The van der Waals surface area contributed by atoms with Gasteiger partial charge >= 0.3 is 6.18 Å². The van der Waals surface area contributed by atoms with E-state index in [2.05, 4.69) is 10.3 Å². The molecule has 6 nitrogen and oxygen atoms in total. The first-order chi connectivity index (χ1) is 14.2. The lowest BCUT2D eigenvalue weighted by molar-refractivity contribution is -0.137. The highest BCUT2D eigenvalue weighted by Crippen LogP contribution is 2.33. The van der Waals surface area contributed by atoms with Crippen LogP contribution in [0.2, 0.25) is 5.02 Å². The van der Waals surface area contributed by atoms with Crippen LogP contribution >= 0.6 is 11.6 Å². The summed E-state index contributed by atoms with van der Waals surface area (Å²) in [6.07, 6.45) is -3.73. The number of rotatable bonds is 4. The molecule has 0 radical (unpaired) electrons. The highest BCUT2D eigenvalue weighted by Gasteiger charge is 2.33. The number of piperazine rings is 1. The zero-order valence-corrected chi connectivity index (χ0v) is 16.8. The number of hydrogen-bond acceptors (Lipinski definition) is 5. The molecule has 1 aromatic carbocycles. The van der Waals surface area contributed by atoms with Crippen molar-refractivity contribution in [2.75, 3.05) is 36.4 Å². The van der Waals surface area contributed by atoms with Gasteiger partial charge in [-0.15, -0.1) is 0 Å². The van der Waals surface area contributed by atoms with E-state index in [0.717, 1.165) is 12.3 Å². The molecule has 30 heavy (non-hydrogen) atoms. The number of nitrogens with zero attached hydrogens (tertiary/aromatic N) is 4. The molecule has 3 rings (SSSR count). The molecule has 1 N–H and O–H groups in total. The minimum atomic E-state index is -4.50. The van der Waals surface area contributed by atoms with E-state index in [0.29, 0.717) is 43.2 Å². The molecule has 10 heteroatoms. The summed E-state index contributed by atoms with van der Waals surface area (Å²) in [5, 5.41) is 11.9. The third-order valence-corrected chi connectivity index (χ3v) is 5.27. The van der Waals surface area contributed by atoms with E-state index in [1.165, 1.54) is 0 Å². The normalized spacial score (nSPS) is 16.1. The lowest BCUT2D eigenvalue weighted by Gasteiger charge is -2.38. The largest absolute Gasteiger partial charge is 0.417 e. The molecule has 2 aromatic rings. The predicted molar refractivity (Wildman–Crippen MR) is 107 cm³/mol. The van der Waals surface area contributed by atoms with Gasteiger partial charge in [-0.25, -0.2) is 4.98 Å². The van der Waals surface area contributed by atoms with Crippen molar-refractivity contribution in [3.05, 3.63) is 52.7 Å². The number of hydrogen-bond donors (Lipinski definition) is 1. The third-order valence-electron chi connectivity index (χ3n) is 5.00. The molecule has 1 amide bonds. The van der Waals surface area contributed by atoms with E-state index < -0.39 is 17.8 Å². The monoisotopic (exact) mass is 437 g/mol. The zero-order chi connectivity index (χ0) is 21.9. The Kier molecular flexibility index (Phi) is 6.48. The minimum Gasteiger partial charge on any atom is -0.353 e. The number of alkyl halides is 3. The lowest BCUT2D eigenvalue weighted by Crippen LogP contribution is -2.53. The average Bonchev–Trinajstić information content (AvgIpc) is 2.73. The summed E-state index contributed by atoms with van der Waals surface area (Å²) in [5.41, 5.74) is -0.0556. The number of benzene rings is 1. The average molecular weight is 438 g/mol. The number of nitrogens with one attached hydrogen (secondary N) is 1. The first kappa shape index (κ1) is 21.9. The van der Waals surface area contributed by atoms with Crippen LogP contribution in [0.1, 0.15) is 18.1 Å². The van der Waals surface area contributed by atoms with Gasteiger partial charge in [-0.2, -0.15) is 18.4 Å². The Bertz CT molecular complexity index is 968. The van der Waals surface area contributed by atoms with Gasteiger partial charge in [0.05, 0.1) is 27.9 Å². The Balaban J connectivity index is 1.61. The van der Waals surface area contributed by atoms with Crippen LogP contribution in [0.25, 0.3) is 0 Å². The van der Waals surface area contributed by atoms with Crippen molar-refractivity contribution in [1.29, 1.82) is 5.26 Å². The molecule has 0 bridgehead atoms. The van der Waals surface area contributed by atoms with Crippen LogP contribution in [0.15, 0.2) is 36.5 Å². The maximum absolute atomic E-state index is 12.8. The van der Waals surface area contributed by atoms with Crippen molar-refractivity contribution >= 4 is 29.0 Å². The molecule has 158 valence electrons. The van der Waals surface area contributed by atoms with E-state index >= 15 is 0 Å². The first-order valence-corrected chi connectivity index (χ1v) is 9.60. The molecular weight excluding hydrogens is 419 g/mol. The first-order valence-electron chi connectivity index (χ1n) is 9.22. The smallest absolute Gasteiger partial charge is 0.353 e. The molecule has 0 spiro atoms. The number of nitriles is 1. The van der Waals surface area contributed by atoms with Crippen molar-refractivity contribution in [2.24, 2.45) is 0 Å². The van der Waals surface area contributed by atoms with Gasteiger partial charge in [0.15, 0.2) is 0 Å². The number of carbonyl (C=O) groups is 1. The molecule has 0 saturated carbocycles. The van der Waals surface area contributed by atoms with Crippen LogP contribution in [-0.2, 0) is 11.0 Å². The van der Waals surface area contributed by atoms with Gasteiger partial charge in [0.1, 0.15) is 11.9 Å². The Morgan fingerprint density at radius 2 is 1.93 bits per heavy atom. The second-order valence-corrected chi connectivity index (χ2v) is 7.28. The predicted octanol–water partition coefficient (Wildman–Crippen LogP) is 3.77. The van der Waals surface area contributed by atoms with Crippen LogP contribution < -0.4 is 10.2 Å². The fourth-order valence-corrected chi connectivity index (χ4v) is 3.52. The van der Waals surface area contributed by atoms with Gasteiger partial charge in [-0.3, -0.25) is 9.69 Å². The molecule has 2 heterocycles. The van der Waals surface area contributed by atoms with Crippen LogP contribution in [0, 0.1) is 11.3 Å². The molecule has 1 aromatic heterocycles.